The van der Waals surface area contributed by atoms with E-state index in [2.05, 4.69) is 21.1 Å². The van der Waals surface area contributed by atoms with Crippen LogP contribution in [0.4, 0.5) is 4.79 Å². The van der Waals surface area contributed by atoms with Crippen LogP contribution in [0.15, 0.2) is 58.7 Å². The molecule has 0 aromatic heterocycles. The van der Waals surface area contributed by atoms with Gasteiger partial charge in [-0.1, -0.05) is 24.3 Å². The third kappa shape index (κ3) is 5.82. The number of nitrogens with zero attached hydrogens (tertiary/aromatic N) is 2. The first-order chi connectivity index (χ1) is 10.7. The summed E-state index contributed by atoms with van der Waals surface area (Å²) < 4.78 is 0. The van der Waals surface area contributed by atoms with Gasteiger partial charge in [0.05, 0.1) is 12.4 Å². The Morgan fingerprint density at radius 2 is 1.22 bits per heavy atom. The van der Waals surface area contributed by atoms with E-state index in [4.69, 9.17) is 0 Å². The summed E-state index contributed by atoms with van der Waals surface area (Å²) >= 11 is 0. The van der Waals surface area contributed by atoms with Gasteiger partial charge in [0, 0.05) is 28.2 Å². The Hall–Kier alpha value is -2.83. The predicted molar refractivity (Wildman–Crippen MR) is 83.1 cm³/mol. The number of phenols is 2. The number of rotatable bonds is 4. The van der Waals surface area contributed by atoms with Gasteiger partial charge < -0.3 is 10.2 Å². The average molecular weight is 362 g/mol. The molecule has 0 unspecified atom stereocenters. The molecule has 0 heterocycles. The second-order valence-electron chi connectivity index (χ2n) is 4.19. The number of phenolic OH excluding ortho intramolecular Hbond substituents is 2. The molecule has 2 aromatic rings. The summed E-state index contributed by atoms with van der Waals surface area (Å²) in [6, 6.07) is 12.5. The third-order valence-corrected chi connectivity index (χ3v) is 2.61. The Morgan fingerprint density at radius 3 is 1.61 bits per heavy atom. The molecule has 8 heteroatoms. The standard InChI is InChI=1S/C15H14N4O3.Cu/c20-13-7-3-1-5-11(13)9-16-18-15(22)19-17-10-12-6-2-4-8-14(12)21;/h1-10,20-21H,(H2,18,19,22);/b16-9+,17-10+;. The van der Waals surface area contributed by atoms with Gasteiger partial charge >= 0.3 is 6.03 Å². The number of urea groups is 1. The molecule has 0 aliphatic carbocycles. The number of amides is 2. The molecule has 2 amide bonds. The van der Waals surface area contributed by atoms with Crippen molar-refractivity contribution in [3.63, 3.8) is 0 Å². The van der Waals surface area contributed by atoms with E-state index in [0.717, 1.165) is 0 Å². The first kappa shape index (κ1) is 18.2. The monoisotopic (exact) mass is 361 g/mol. The number of hydrogen-bond acceptors (Lipinski definition) is 5. The zero-order valence-corrected chi connectivity index (χ0v) is 12.7. The topological polar surface area (TPSA) is 106 Å². The van der Waals surface area contributed by atoms with Gasteiger partial charge in [0.25, 0.3) is 0 Å². The van der Waals surface area contributed by atoms with Gasteiger partial charge in [0.15, 0.2) is 0 Å². The van der Waals surface area contributed by atoms with Crippen molar-refractivity contribution in [3.05, 3.63) is 59.7 Å². The van der Waals surface area contributed by atoms with Crippen LogP contribution in [0.1, 0.15) is 11.1 Å². The number of carbonyl (C=O) groups is 1. The van der Waals surface area contributed by atoms with Crippen molar-refractivity contribution in [1.82, 2.24) is 10.9 Å². The van der Waals surface area contributed by atoms with E-state index < -0.39 is 6.03 Å². The quantitative estimate of drug-likeness (QED) is 0.378. The molecular weight excluding hydrogens is 348 g/mol. The zero-order chi connectivity index (χ0) is 15.8. The van der Waals surface area contributed by atoms with Gasteiger partial charge in [-0.2, -0.15) is 10.2 Å². The summed E-state index contributed by atoms with van der Waals surface area (Å²) in [5, 5.41) is 26.4. The molecule has 4 N–H and O–H groups in total. The number of aromatic hydroxyl groups is 2. The van der Waals surface area contributed by atoms with Crippen LogP contribution in [0.5, 0.6) is 11.5 Å². The van der Waals surface area contributed by atoms with Crippen molar-refractivity contribution in [2.24, 2.45) is 10.2 Å². The fourth-order valence-corrected chi connectivity index (χ4v) is 1.54. The molecule has 2 aromatic carbocycles. The molecule has 0 saturated heterocycles. The van der Waals surface area contributed by atoms with Gasteiger partial charge in [-0.25, -0.2) is 15.6 Å². The van der Waals surface area contributed by atoms with E-state index >= 15 is 0 Å². The predicted octanol–water partition coefficient (Wildman–Crippen LogP) is 1.76. The minimum atomic E-state index is -0.654. The molecule has 1 radical (unpaired) electrons. The summed E-state index contributed by atoms with van der Waals surface area (Å²) in [5.74, 6) is 0.122. The second-order valence-corrected chi connectivity index (χ2v) is 4.19. The van der Waals surface area contributed by atoms with Crippen LogP contribution in [0, 0.1) is 0 Å². The Kier molecular flexibility index (Phi) is 7.32. The number of hydrogen-bond donors (Lipinski definition) is 4. The molecule has 0 atom stereocenters. The summed E-state index contributed by atoms with van der Waals surface area (Å²) in [4.78, 5) is 11.4. The number of nitrogens with one attached hydrogen (secondary N) is 2. The largest absolute Gasteiger partial charge is 0.507 e. The SMILES string of the molecule is O=C(N/N=C/c1ccccc1O)N/N=C/c1ccccc1O.[Cu]. The van der Waals surface area contributed by atoms with Crippen LogP contribution in [0.25, 0.3) is 0 Å². The Bertz CT molecular complexity index is 660. The molecule has 23 heavy (non-hydrogen) atoms. The summed E-state index contributed by atoms with van der Waals surface area (Å²) in [6.07, 6.45) is 2.61. The van der Waals surface area contributed by atoms with Crippen LogP contribution in [-0.2, 0) is 17.1 Å². The summed E-state index contributed by atoms with van der Waals surface area (Å²) in [7, 11) is 0. The van der Waals surface area contributed by atoms with Crippen molar-refractivity contribution in [1.29, 1.82) is 0 Å². The smallest absolute Gasteiger partial charge is 0.355 e. The van der Waals surface area contributed by atoms with E-state index in [1.54, 1.807) is 36.4 Å². The van der Waals surface area contributed by atoms with Crippen molar-refractivity contribution in [2.75, 3.05) is 0 Å². The molecule has 0 aliphatic rings. The van der Waals surface area contributed by atoms with E-state index in [1.807, 2.05) is 0 Å². The average Bonchev–Trinajstić information content (AvgIpc) is 2.51. The van der Waals surface area contributed by atoms with Crippen LogP contribution >= 0.6 is 0 Å². The van der Waals surface area contributed by atoms with Crippen LogP contribution in [0.3, 0.4) is 0 Å². The molecule has 0 fully saturated rings. The number of carbonyl (C=O) groups excluding carboxylic acids is 1. The van der Waals surface area contributed by atoms with Crippen LogP contribution in [-0.4, -0.2) is 28.7 Å². The molecule has 123 valence electrons. The van der Waals surface area contributed by atoms with Gasteiger partial charge in [-0.3, -0.25) is 0 Å². The molecule has 0 bridgehead atoms. The number of hydrazone groups is 2. The number of para-hydroxylation sites is 2. The first-order valence-corrected chi connectivity index (χ1v) is 6.35. The van der Waals surface area contributed by atoms with Crippen molar-refractivity contribution >= 4 is 18.5 Å². The van der Waals surface area contributed by atoms with E-state index in [0.29, 0.717) is 11.1 Å². The normalized spacial score (nSPS) is 10.4. The third-order valence-electron chi connectivity index (χ3n) is 2.61. The van der Waals surface area contributed by atoms with Crippen LogP contribution in [0.2, 0.25) is 0 Å². The van der Waals surface area contributed by atoms with Gasteiger partial charge in [-0.05, 0) is 24.3 Å². The van der Waals surface area contributed by atoms with Crippen molar-refractivity contribution in [3.8, 4) is 11.5 Å². The fraction of sp³-hybridized carbons (Fsp3) is 0. The second kappa shape index (κ2) is 9.24. The van der Waals surface area contributed by atoms with Gasteiger partial charge in [0.1, 0.15) is 11.5 Å². The molecular formula is C15H14CuN4O3. The van der Waals surface area contributed by atoms with Crippen LogP contribution < -0.4 is 10.9 Å². The molecule has 0 saturated carbocycles. The Morgan fingerprint density at radius 1 is 0.826 bits per heavy atom. The maximum Gasteiger partial charge on any atom is 0.355 e. The van der Waals surface area contributed by atoms with E-state index in [-0.39, 0.29) is 28.6 Å². The van der Waals surface area contributed by atoms with Crippen molar-refractivity contribution < 1.29 is 32.1 Å². The first-order valence-electron chi connectivity index (χ1n) is 6.35. The van der Waals surface area contributed by atoms with Crippen molar-refractivity contribution in [2.45, 2.75) is 0 Å². The minimum Gasteiger partial charge on any atom is -0.507 e. The Balaban J connectivity index is 0.00000264. The van der Waals surface area contributed by atoms with E-state index in [9.17, 15) is 15.0 Å². The maximum absolute atomic E-state index is 11.4. The zero-order valence-electron chi connectivity index (χ0n) is 11.8. The van der Waals surface area contributed by atoms with Gasteiger partial charge in [0.2, 0.25) is 0 Å². The summed E-state index contributed by atoms with van der Waals surface area (Å²) in [5.41, 5.74) is 5.33. The van der Waals surface area contributed by atoms with Gasteiger partial charge in [-0.15, -0.1) is 0 Å². The minimum absolute atomic E-state index is 0. The van der Waals surface area contributed by atoms with E-state index in [1.165, 1.54) is 24.6 Å². The summed E-state index contributed by atoms with van der Waals surface area (Å²) in [6.45, 7) is 0. The molecule has 7 nitrogen and oxygen atoms in total. The number of benzene rings is 2. The molecule has 0 aliphatic heterocycles. The Labute approximate surface area is 143 Å². The fourth-order valence-electron chi connectivity index (χ4n) is 1.54. The molecule has 2 rings (SSSR count). The maximum atomic E-state index is 11.4. The molecule has 0 spiro atoms.